The number of aromatic nitrogens is 4. The van der Waals surface area contributed by atoms with E-state index in [1.165, 1.54) is 10.6 Å². The van der Waals surface area contributed by atoms with Gasteiger partial charge in [-0.2, -0.15) is 0 Å². The van der Waals surface area contributed by atoms with Crippen molar-refractivity contribution in [3.8, 4) is 11.3 Å². The molecule has 3 aromatic heterocycles. The Balaban J connectivity index is 1.67. The Hall–Kier alpha value is -3.35. The van der Waals surface area contributed by atoms with Crippen LogP contribution in [-0.2, 0) is 17.3 Å². The van der Waals surface area contributed by atoms with Crippen molar-refractivity contribution in [2.75, 3.05) is 5.32 Å². The summed E-state index contributed by atoms with van der Waals surface area (Å²) in [6.45, 7) is 3.61. The van der Waals surface area contributed by atoms with Gasteiger partial charge in [0.1, 0.15) is 5.82 Å². The Morgan fingerprint density at radius 2 is 1.97 bits per heavy atom. The Kier molecular flexibility index (Phi) is 4.74. The molecule has 29 heavy (non-hydrogen) atoms. The van der Waals surface area contributed by atoms with Crippen LogP contribution < -0.4 is 10.9 Å². The molecule has 0 atom stereocenters. The fourth-order valence-corrected chi connectivity index (χ4v) is 3.24. The molecule has 3 heterocycles. The van der Waals surface area contributed by atoms with Crippen molar-refractivity contribution in [2.45, 2.75) is 38.0 Å². The van der Waals surface area contributed by atoms with E-state index in [1.807, 2.05) is 12.1 Å². The molecule has 1 saturated carbocycles. The van der Waals surface area contributed by atoms with Gasteiger partial charge >= 0.3 is 0 Å². The normalized spacial score (nSPS) is 13.9. The first-order valence-corrected chi connectivity index (χ1v) is 9.62. The van der Waals surface area contributed by atoms with Gasteiger partial charge in [-0.1, -0.05) is 6.07 Å². The van der Waals surface area contributed by atoms with Crippen LogP contribution in [0.4, 0.5) is 5.82 Å². The van der Waals surface area contributed by atoms with Gasteiger partial charge in [-0.3, -0.25) is 19.6 Å². The summed E-state index contributed by atoms with van der Waals surface area (Å²) in [7, 11) is 1.72. The van der Waals surface area contributed by atoms with Crippen molar-refractivity contribution >= 4 is 11.7 Å². The Morgan fingerprint density at radius 1 is 1.17 bits per heavy atom. The molecule has 1 amide bonds. The average molecular weight is 389 g/mol. The lowest BCUT2D eigenvalue weighted by Gasteiger charge is -2.22. The van der Waals surface area contributed by atoms with E-state index in [0.717, 1.165) is 29.7 Å². The lowest BCUT2D eigenvalue weighted by molar-refractivity contribution is -0.120. The van der Waals surface area contributed by atoms with Gasteiger partial charge in [0.25, 0.3) is 0 Å². The third kappa shape index (κ3) is 3.81. The third-order valence-corrected chi connectivity index (χ3v) is 5.32. The Bertz CT molecular complexity index is 1120. The molecule has 0 aromatic carbocycles. The number of carbonyl (C=O) groups is 1. The van der Waals surface area contributed by atoms with Gasteiger partial charge in [0.05, 0.1) is 16.8 Å². The maximum atomic E-state index is 12.9. The summed E-state index contributed by atoms with van der Waals surface area (Å²) in [5, 5.41) is 2.92. The molecule has 7 nitrogen and oxygen atoms in total. The van der Waals surface area contributed by atoms with Gasteiger partial charge < -0.3 is 9.88 Å². The molecule has 0 spiro atoms. The molecule has 0 saturated heterocycles. The molecule has 148 valence electrons. The number of aryl methyl sites for hydroxylation is 1. The highest BCUT2D eigenvalue weighted by molar-refractivity contribution is 5.97. The van der Waals surface area contributed by atoms with Crippen molar-refractivity contribution < 1.29 is 4.79 Å². The van der Waals surface area contributed by atoms with E-state index in [0.29, 0.717) is 17.4 Å². The van der Waals surface area contributed by atoms with Gasteiger partial charge in [0.15, 0.2) is 0 Å². The summed E-state index contributed by atoms with van der Waals surface area (Å²) in [5.41, 5.74) is 2.47. The highest BCUT2D eigenvalue weighted by Crippen LogP contribution is 2.44. The first kappa shape index (κ1) is 19.0. The van der Waals surface area contributed by atoms with Crippen LogP contribution in [0.15, 0.2) is 53.8 Å². The zero-order chi connectivity index (χ0) is 20.6. The van der Waals surface area contributed by atoms with Gasteiger partial charge in [0, 0.05) is 43.5 Å². The second kappa shape index (κ2) is 7.24. The largest absolute Gasteiger partial charge is 0.318 e. The second-order valence-corrected chi connectivity index (χ2v) is 7.95. The summed E-state index contributed by atoms with van der Waals surface area (Å²) in [6, 6.07) is 7.18. The average Bonchev–Trinajstić information content (AvgIpc) is 3.56. The van der Waals surface area contributed by atoms with E-state index >= 15 is 0 Å². The smallest absolute Gasteiger partial charge is 0.250 e. The number of pyridine rings is 2. The molecule has 1 aliphatic rings. The summed E-state index contributed by atoms with van der Waals surface area (Å²) in [4.78, 5) is 37.8. The van der Waals surface area contributed by atoms with Gasteiger partial charge in [-0.15, -0.1) is 0 Å². The van der Waals surface area contributed by atoms with Crippen molar-refractivity contribution in [1.29, 1.82) is 0 Å². The van der Waals surface area contributed by atoms with Crippen LogP contribution in [0, 0.1) is 0 Å². The highest BCUT2D eigenvalue weighted by Gasteiger charge is 2.32. The fourth-order valence-electron chi connectivity index (χ4n) is 3.24. The van der Waals surface area contributed by atoms with Crippen LogP contribution >= 0.6 is 0 Å². The van der Waals surface area contributed by atoms with E-state index in [1.54, 1.807) is 51.7 Å². The van der Waals surface area contributed by atoms with Gasteiger partial charge in [-0.25, -0.2) is 4.98 Å². The van der Waals surface area contributed by atoms with E-state index < -0.39 is 5.41 Å². The maximum absolute atomic E-state index is 12.9. The molecule has 0 aliphatic heterocycles. The Morgan fingerprint density at radius 3 is 2.62 bits per heavy atom. The number of nitrogens with zero attached hydrogens (tertiary/aromatic N) is 4. The highest BCUT2D eigenvalue weighted by atomic mass is 16.2. The molecule has 4 rings (SSSR count). The predicted molar refractivity (Wildman–Crippen MR) is 111 cm³/mol. The van der Waals surface area contributed by atoms with E-state index in [2.05, 4.69) is 15.3 Å². The third-order valence-electron chi connectivity index (χ3n) is 5.32. The molecule has 7 heteroatoms. The van der Waals surface area contributed by atoms with E-state index in [9.17, 15) is 9.59 Å². The molecule has 1 aliphatic carbocycles. The number of hydrogen-bond donors (Lipinski definition) is 1. The van der Waals surface area contributed by atoms with Crippen LogP contribution in [0.25, 0.3) is 11.3 Å². The van der Waals surface area contributed by atoms with Crippen molar-refractivity contribution in [1.82, 2.24) is 19.5 Å². The molecule has 3 aromatic rings. The van der Waals surface area contributed by atoms with Crippen LogP contribution in [0.2, 0.25) is 0 Å². The maximum Gasteiger partial charge on any atom is 0.250 e. The molecule has 0 radical (unpaired) electrons. The minimum atomic E-state index is -0.859. The SMILES string of the molecule is Cn1cc(-c2nc(NC(=O)C(C)(C)c3cnccn3)ccc2C2CC2)ccc1=O. The van der Waals surface area contributed by atoms with Gasteiger partial charge in [-0.05, 0) is 50.3 Å². The van der Waals surface area contributed by atoms with Crippen LogP contribution in [-0.4, -0.2) is 25.4 Å². The molecule has 0 bridgehead atoms. The minimum absolute atomic E-state index is 0.0723. The Labute approximate surface area is 168 Å². The minimum Gasteiger partial charge on any atom is -0.318 e. The standard InChI is InChI=1S/C22H23N5O2/c1-22(2,17-12-23-10-11-24-17)21(29)26-18-8-7-16(14-4-5-14)20(25-18)15-6-9-19(28)27(3)13-15/h6-14H,4-5H2,1-3H3,(H,25,26,29). The fraction of sp³-hybridized carbons (Fsp3) is 0.318. The molecule has 1 fully saturated rings. The van der Waals surface area contributed by atoms with Crippen LogP contribution in [0.3, 0.4) is 0 Å². The zero-order valence-corrected chi connectivity index (χ0v) is 16.7. The number of rotatable bonds is 5. The number of nitrogens with one attached hydrogen (secondary N) is 1. The summed E-state index contributed by atoms with van der Waals surface area (Å²) in [6.07, 6.45) is 8.79. The van der Waals surface area contributed by atoms with Crippen molar-refractivity contribution in [3.05, 3.63) is 70.7 Å². The molecule has 0 unspecified atom stereocenters. The van der Waals surface area contributed by atoms with Gasteiger partial charge in [0.2, 0.25) is 11.5 Å². The number of amides is 1. The zero-order valence-electron chi connectivity index (χ0n) is 16.7. The second-order valence-electron chi connectivity index (χ2n) is 7.95. The number of hydrogen-bond acceptors (Lipinski definition) is 5. The first-order valence-electron chi connectivity index (χ1n) is 9.62. The summed E-state index contributed by atoms with van der Waals surface area (Å²) >= 11 is 0. The van der Waals surface area contributed by atoms with E-state index in [4.69, 9.17) is 4.98 Å². The topological polar surface area (TPSA) is 89.8 Å². The lowest BCUT2D eigenvalue weighted by Crippen LogP contribution is -2.35. The summed E-state index contributed by atoms with van der Waals surface area (Å²) < 4.78 is 1.54. The molecular formula is C22H23N5O2. The van der Waals surface area contributed by atoms with Crippen molar-refractivity contribution in [2.24, 2.45) is 7.05 Å². The summed E-state index contributed by atoms with van der Waals surface area (Å²) in [5.74, 6) is 0.742. The number of carbonyl (C=O) groups excluding carboxylic acids is 1. The first-order chi connectivity index (χ1) is 13.9. The van der Waals surface area contributed by atoms with Crippen LogP contribution in [0.1, 0.15) is 43.9 Å². The monoisotopic (exact) mass is 389 g/mol. The van der Waals surface area contributed by atoms with Crippen LogP contribution in [0.5, 0.6) is 0 Å². The number of anilines is 1. The van der Waals surface area contributed by atoms with E-state index in [-0.39, 0.29) is 11.5 Å². The lowest BCUT2D eigenvalue weighted by atomic mass is 9.88. The van der Waals surface area contributed by atoms with Crippen molar-refractivity contribution in [3.63, 3.8) is 0 Å². The molecule has 1 N–H and O–H groups in total. The predicted octanol–water partition coefficient (Wildman–Crippen LogP) is 3.03. The molecular weight excluding hydrogens is 366 g/mol. The quantitative estimate of drug-likeness (QED) is 0.724.